The third-order valence-electron chi connectivity index (χ3n) is 6.80. The Bertz CT molecular complexity index is 1350. The summed E-state index contributed by atoms with van der Waals surface area (Å²) < 4.78 is 43.4. The minimum absolute atomic E-state index is 0.00792. The van der Waals surface area contributed by atoms with E-state index in [4.69, 9.17) is 0 Å². The molecular formula is C27H30F3N5O4. The van der Waals surface area contributed by atoms with Gasteiger partial charge in [0, 0.05) is 19.2 Å². The third-order valence-corrected chi connectivity index (χ3v) is 6.80. The van der Waals surface area contributed by atoms with Crippen LogP contribution in [0.3, 0.4) is 0 Å². The molecule has 3 N–H and O–H groups in total. The molecule has 4 atom stereocenters. The van der Waals surface area contributed by atoms with Crippen molar-refractivity contribution in [2.24, 2.45) is 5.92 Å². The Balaban J connectivity index is 1.53. The van der Waals surface area contributed by atoms with E-state index in [0.29, 0.717) is 17.3 Å². The molecule has 0 aliphatic carbocycles. The summed E-state index contributed by atoms with van der Waals surface area (Å²) in [6, 6.07) is 4.49. The van der Waals surface area contributed by atoms with E-state index in [1.54, 1.807) is 13.1 Å². The summed E-state index contributed by atoms with van der Waals surface area (Å²) in [5, 5.41) is 31.0. The van der Waals surface area contributed by atoms with E-state index in [9.17, 15) is 33.0 Å². The highest BCUT2D eigenvalue weighted by Crippen LogP contribution is 2.30. The number of nitrogens with one attached hydrogen (secondary N) is 1. The van der Waals surface area contributed by atoms with Crippen LogP contribution in [0.25, 0.3) is 11.1 Å². The second-order valence-corrected chi connectivity index (χ2v) is 10.0. The molecule has 1 saturated heterocycles. The number of hydrogen-bond donors (Lipinski definition) is 3. The lowest BCUT2D eigenvalue weighted by Crippen LogP contribution is -2.50. The topological polar surface area (TPSA) is 121 Å². The smallest absolute Gasteiger partial charge is 0.248 e. The van der Waals surface area contributed by atoms with Gasteiger partial charge in [0.25, 0.3) is 0 Å². The van der Waals surface area contributed by atoms with Crippen LogP contribution < -0.4 is 5.32 Å². The number of likely N-dealkylation sites (tertiary alicyclic amines) is 1. The van der Waals surface area contributed by atoms with Crippen LogP contribution >= 0.6 is 0 Å². The van der Waals surface area contributed by atoms with Crippen molar-refractivity contribution >= 4 is 11.8 Å². The first-order valence-electron chi connectivity index (χ1n) is 12.5. The van der Waals surface area contributed by atoms with Crippen LogP contribution in [0.5, 0.6) is 0 Å². The molecule has 39 heavy (non-hydrogen) atoms. The number of halogens is 3. The number of β-amino-alcohol motifs (C(OH)–C–C–N with tert-alkyl or cyclic N) is 1. The average molecular weight is 546 g/mol. The van der Waals surface area contributed by atoms with Crippen molar-refractivity contribution in [3.63, 3.8) is 0 Å². The quantitative estimate of drug-likeness (QED) is 0.375. The summed E-state index contributed by atoms with van der Waals surface area (Å²) in [6.45, 7) is 4.87. The molecule has 1 aliphatic rings. The molecule has 2 aromatic carbocycles. The van der Waals surface area contributed by atoms with Crippen molar-refractivity contribution in [2.75, 3.05) is 13.2 Å². The number of carbonyl (C=O) groups is 2. The molecule has 12 heteroatoms. The molecule has 1 aromatic heterocycles. The van der Waals surface area contributed by atoms with Gasteiger partial charge >= 0.3 is 0 Å². The van der Waals surface area contributed by atoms with E-state index in [1.165, 1.54) is 33.8 Å². The van der Waals surface area contributed by atoms with Gasteiger partial charge in [-0.2, -0.15) is 0 Å². The predicted molar refractivity (Wildman–Crippen MR) is 134 cm³/mol. The van der Waals surface area contributed by atoms with Crippen LogP contribution in [-0.4, -0.2) is 67.2 Å². The molecule has 2 amide bonds. The lowest BCUT2D eigenvalue weighted by atomic mass is 9.99. The van der Waals surface area contributed by atoms with Crippen molar-refractivity contribution in [1.29, 1.82) is 0 Å². The van der Waals surface area contributed by atoms with Gasteiger partial charge in [-0.3, -0.25) is 9.59 Å². The SMILES string of the molecule is Cc1cn([C@H](C(=O)N2C[C@H](O)C[C@H]2C(=O)N[C@@H](CO)c2ccc(-c3c(F)ccc(F)c3F)cc2)C(C)C)nn1. The van der Waals surface area contributed by atoms with Crippen molar-refractivity contribution in [3.05, 3.63) is 71.3 Å². The third kappa shape index (κ3) is 5.81. The Hall–Kier alpha value is -3.77. The maximum absolute atomic E-state index is 14.2. The van der Waals surface area contributed by atoms with Crippen molar-refractivity contribution in [2.45, 2.75) is 51.4 Å². The Morgan fingerprint density at radius 3 is 2.36 bits per heavy atom. The Labute approximate surface area is 223 Å². The van der Waals surface area contributed by atoms with Gasteiger partial charge in [0.15, 0.2) is 11.6 Å². The fourth-order valence-corrected chi connectivity index (χ4v) is 4.86. The zero-order chi connectivity index (χ0) is 28.4. The van der Waals surface area contributed by atoms with Gasteiger partial charge in [-0.15, -0.1) is 5.10 Å². The van der Waals surface area contributed by atoms with Gasteiger partial charge in [0.1, 0.15) is 17.9 Å². The standard InChI is InChI=1S/C27H30F3N5O4/c1-14(2)25(35-11-15(3)32-33-35)27(39)34-12-18(37)10-22(34)26(38)31-21(13-36)16-4-6-17(7-5-16)23-19(28)8-9-20(29)24(23)30/h4-9,11,14,18,21-22,25,36-37H,10,12-13H2,1-3H3,(H,31,38)/t18-,21+,22+,25+/m1/s1. The van der Waals surface area contributed by atoms with Gasteiger partial charge in [0.2, 0.25) is 11.8 Å². The number of aryl methyl sites for hydroxylation is 1. The van der Waals surface area contributed by atoms with E-state index >= 15 is 0 Å². The number of benzene rings is 2. The summed E-state index contributed by atoms with van der Waals surface area (Å²) in [5.74, 6) is -4.60. The number of nitrogens with zero attached hydrogens (tertiary/aromatic N) is 4. The molecule has 0 spiro atoms. The minimum Gasteiger partial charge on any atom is -0.394 e. The molecule has 9 nitrogen and oxygen atoms in total. The van der Waals surface area contributed by atoms with E-state index < -0.39 is 65.7 Å². The molecule has 4 rings (SSSR count). The number of aliphatic hydroxyl groups excluding tert-OH is 2. The van der Waals surface area contributed by atoms with Crippen molar-refractivity contribution in [3.8, 4) is 11.1 Å². The van der Waals surface area contributed by atoms with Crippen molar-refractivity contribution in [1.82, 2.24) is 25.2 Å². The molecule has 0 radical (unpaired) electrons. The predicted octanol–water partition coefficient (Wildman–Crippen LogP) is 2.68. The van der Waals surface area contributed by atoms with E-state index in [0.717, 1.165) is 6.07 Å². The molecule has 0 bridgehead atoms. The van der Waals surface area contributed by atoms with Crippen LogP contribution in [0.4, 0.5) is 13.2 Å². The fraction of sp³-hybridized carbons (Fsp3) is 0.407. The van der Waals surface area contributed by atoms with Crippen LogP contribution in [0.15, 0.2) is 42.6 Å². The van der Waals surface area contributed by atoms with Gasteiger partial charge < -0.3 is 20.4 Å². The largest absolute Gasteiger partial charge is 0.394 e. The molecule has 3 aromatic rings. The number of rotatable bonds is 8. The highest BCUT2D eigenvalue weighted by molar-refractivity contribution is 5.90. The molecule has 0 unspecified atom stereocenters. The van der Waals surface area contributed by atoms with E-state index in [2.05, 4.69) is 15.6 Å². The lowest BCUT2D eigenvalue weighted by Gasteiger charge is -2.30. The molecule has 208 valence electrons. The summed E-state index contributed by atoms with van der Waals surface area (Å²) in [6.07, 6.45) is 0.725. The van der Waals surface area contributed by atoms with Crippen LogP contribution in [0.2, 0.25) is 0 Å². The van der Waals surface area contributed by atoms with Gasteiger partial charge in [0.05, 0.1) is 30.0 Å². The lowest BCUT2D eigenvalue weighted by molar-refractivity contribution is -0.142. The molecular weight excluding hydrogens is 515 g/mol. The zero-order valence-corrected chi connectivity index (χ0v) is 21.7. The fourth-order valence-electron chi connectivity index (χ4n) is 4.86. The number of aromatic nitrogens is 3. The summed E-state index contributed by atoms with van der Waals surface area (Å²) in [7, 11) is 0. The summed E-state index contributed by atoms with van der Waals surface area (Å²) in [4.78, 5) is 28.2. The van der Waals surface area contributed by atoms with E-state index in [-0.39, 0.29) is 24.4 Å². The first kappa shape index (κ1) is 28.2. The second kappa shape index (κ2) is 11.5. The maximum Gasteiger partial charge on any atom is 0.248 e. The zero-order valence-electron chi connectivity index (χ0n) is 21.7. The molecule has 1 aliphatic heterocycles. The molecule has 1 fully saturated rings. The van der Waals surface area contributed by atoms with Gasteiger partial charge in [-0.1, -0.05) is 43.3 Å². The molecule has 2 heterocycles. The highest BCUT2D eigenvalue weighted by Gasteiger charge is 2.43. The first-order valence-corrected chi connectivity index (χ1v) is 12.5. The number of aliphatic hydroxyl groups is 2. The number of carbonyl (C=O) groups excluding carboxylic acids is 2. The summed E-state index contributed by atoms with van der Waals surface area (Å²) in [5.41, 5.74) is 0.600. The Kier molecular flexibility index (Phi) is 8.36. The Morgan fingerprint density at radius 2 is 1.77 bits per heavy atom. The number of amides is 2. The second-order valence-electron chi connectivity index (χ2n) is 10.0. The van der Waals surface area contributed by atoms with Crippen molar-refractivity contribution < 1.29 is 33.0 Å². The number of hydrogen-bond acceptors (Lipinski definition) is 6. The van der Waals surface area contributed by atoms with Gasteiger partial charge in [-0.25, -0.2) is 17.9 Å². The highest BCUT2D eigenvalue weighted by atomic mass is 19.2. The van der Waals surface area contributed by atoms with Gasteiger partial charge in [-0.05, 0) is 36.1 Å². The summed E-state index contributed by atoms with van der Waals surface area (Å²) >= 11 is 0. The Morgan fingerprint density at radius 1 is 1.10 bits per heavy atom. The molecule has 0 saturated carbocycles. The van der Waals surface area contributed by atoms with Crippen LogP contribution in [0.1, 0.15) is 43.6 Å². The normalized spacial score (nSPS) is 18.8. The minimum atomic E-state index is -1.32. The van der Waals surface area contributed by atoms with Crippen LogP contribution in [0, 0.1) is 30.3 Å². The maximum atomic E-state index is 14.2. The monoisotopic (exact) mass is 545 g/mol. The van der Waals surface area contributed by atoms with E-state index in [1.807, 2.05) is 13.8 Å². The van der Waals surface area contributed by atoms with Crippen LogP contribution in [-0.2, 0) is 9.59 Å². The first-order chi connectivity index (χ1) is 18.5. The average Bonchev–Trinajstić information content (AvgIpc) is 3.50.